The molecule has 3 fully saturated rings. The lowest BCUT2D eigenvalue weighted by Gasteiger charge is -2.40. The van der Waals surface area contributed by atoms with Crippen molar-refractivity contribution in [1.29, 1.82) is 0 Å². The van der Waals surface area contributed by atoms with Crippen LogP contribution in [0.15, 0.2) is 68.8 Å². The third-order valence-electron chi connectivity index (χ3n) is 13.3. The van der Waals surface area contributed by atoms with Gasteiger partial charge in [0.25, 0.3) is 0 Å². The summed E-state index contributed by atoms with van der Waals surface area (Å²) in [6, 6.07) is 10.8. The molecule has 0 aliphatic carbocycles. The predicted octanol–water partition coefficient (Wildman–Crippen LogP) is 8.59. The molecule has 17 heteroatoms. The van der Waals surface area contributed by atoms with E-state index in [1.54, 1.807) is 29.5 Å². The van der Waals surface area contributed by atoms with E-state index < -0.39 is 6.04 Å². The van der Waals surface area contributed by atoms with Gasteiger partial charge in [0, 0.05) is 56.1 Å². The summed E-state index contributed by atoms with van der Waals surface area (Å²) in [6.07, 6.45) is 9.48. The quantitative estimate of drug-likeness (QED) is 0.0395. The molecule has 14 nitrogen and oxygen atoms in total. The van der Waals surface area contributed by atoms with Crippen molar-refractivity contribution in [1.82, 2.24) is 30.3 Å². The van der Waals surface area contributed by atoms with Crippen LogP contribution in [0.4, 0.5) is 5.69 Å². The molecular weight excluding hydrogens is 916 g/mol. The van der Waals surface area contributed by atoms with Crippen molar-refractivity contribution < 1.29 is 19.1 Å². The zero-order chi connectivity index (χ0) is 48.8. The zero-order valence-electron chi connectivity index (χ0n) is 41.0. The lowest BCUT2D eigenvalue weighted by Crippen LogP contribution is -2.59. The van der Waals surface area contributed by atoms with Gasteiger partial charge in [-0.25, -0.2) is 15.0 Å². The number of carbonyl (C=O) groups excluding carboxylic acids is 3. The molecule has 3 aliphatic rings. The van der Waals surface area contributed by atoms with Gasteiger partial charge in [0.05, 0.1) is 50.7 Å². The van der Waals surface area contributed by atoms with Gasteiger partial charge in [-0.1, -0.05) is 69.3 Å². The topological polar surface area (TPSA) is 170 Å². The van der Waals surface area contributed by atoms with Crippen molar-refractivity contribution in [2.45, 2.75) is 116 Å². The van der Waals surface area contributed by atoms with Crippen LogP contribution in [0, 0.1) is 24.2 Å². The van der Waals surface area contributed by atoms with E-state index in [1.807, 2.05) is 57.5 Å². The minimum Gasteiger partial charge on any atom is -0.493 e. The van der Waals surface area contributed by atoms with Gasteiger partial charge < -0.3 is 41.1 Å². The number of aromatic nitrogens is 1. The lowest BCUT2D eigenvalue weighted by molar-refractivity contribution is -0.145. The number of nitrogens with zero attached hydrogens (tertiary/aromatic N) is 6. The molecular formula is C51H73ClN10O4S2. The molecule has 3 saturated heterocycles. The van der Waals surface area contributed by atoms with E-state index in [0.29, 0.717) is 47.7 Å². The van der Waals surface area contributed by atoms with Crippen LogP contribution in [-0.2, 0) is 20.9 Å². The number of amides is 3. The van der Waals surface area contributed by atoms with Crippen molar-refractivity contribution in [2.24, 2.45) is 33.0 Å². The summed E-state index contributed by atoms with van der Waals surface area (Å²) in [7, 11) is 1.81. The summed E-state index contributed by atoms with van der Waals surface area (Å²) in [5.74, 6) is 2.22. The normalized spacial score (nSPS) is 18.6. The van der Waals surface area contributed by atoms with Crippen LogP contribution >= 0.6 is 34.7 Å². The van der Waals surface area contributed by atoms with Gasteiger partial charge in [-0.3, -0.25) is 14.4 Å². The van der Waals surface area contributed by atoms with Crippen molar-refractivity contribution in [2.75, 3.05) is 64.8 Å². The predicted molar refractivity (Wildman–Crippen MR) is 280 cm³/mol. The average Bonchev–Trinajstić information content (AvgIpc) is 3.76. The second kappa shape index (κ2) is 25.5. The smallest absolute Gasteiger partial charge is 0.243 e. The van der Waals surface area contributed by atoms with Crippen molar-refractivity contribution in [3.63, 3.8) is 0 Å². The monoisotopic (exact) mass is 988 g/mol. The number of hydrogen-bond acceptors (Lipinski definition) is 13. The molecule has 5 N–H and O–H groups in total. The Bertz CT molecular complexity index is 2250. The maximum absolute atomic E-state index is 13.8. The highest BCUT2D eigenvalue weighted by Crippen LogP contribution is 2.36. The standard InChI is InChI=1S/C51H73ClN10O4S2/c1-34-17-25-61(26-18-34)43(54-6)32-56-45(30-53)68-42-14-10-12-39(46(42)52)59-44(63)28-36-19-23-60(24-20-36)21-11-27-66-41-29-37(47-35(2)58-33-67-47)15-16-38(41)31-57-49(64)40-13-8-9-22-62(40)50(65)48(55-7)51(3,4)5/h10,12,14-16,29,32-34,36,40,48,55H,6,8-9,11,13,17-28,30-31,53H2,1-5,7H3,(H,57,64)(H,59,63)/b43-32+,56-45+/t40-,48?/m0/s1. The Morgan fingerprint density at radius 3 is 2.51 bits per heavy atom. The molecule has 2 aromatic carbocycles. The van der Waals surface area contributed by atoms with Crippen LogP contribution in [0.5, 0.6) is 5.75 Å². The number of benzene rings is 2. The molecule has 0 saturated carbocycles. The number of carbonyl (C=O) groups is 3. The van der Waals surface area contributed by atoms with Gasteiger partial charge in [0.1, 0.15) is 17.6 Å². The number of likely N-dealkylation sites (tertiary alicyclic amines) is 3. The van der Waals surface area contributed by atoms with Crippen molar-refractivity contribution >= 4 is 69.9 Å². The number of anilines is 1. The summed E-state index contributed by atoms with van der Waals surface area (Å²) in [4.78, 5) is 62.4. The molecule has 1 aromatic heterocycles. The van der Waals surface area contributed by atoms with Gasteiger partial charge >= 0.3 is 0 Å². The van der Waals surface area contributed by atoms with Crippen LogP contribution < -0.4 is 26.4 Å². The molecule has 4 heterocycles. The molecule has 3 aromatic rings. The highest BCUT2D eigenvalue weighted by atomic mass is 35.5. The van der Waals surface area contributed by atoms with Crippen LogP contribution in [0.2, 0.25) is 5.02 Å². The fourth-order valence-electron chi connectivity index (χ4n) is 9.29. The Balaban J connectivity index is 0.977. The van der Waals surface area contributed by atoms with E-state index in [2.05, 4.69) is 66.5 Å². The molecule has 1 unspecified atom stereocenters. The molecule has 0 bridgehead atoms. The summed E-state index contributed by atoms with van der Waals surface area (Å²) < 4.78 is 6.50. The summed E-state index contributed by atoms with van der Waals surface area (Å²) >= 11 is 9.82. The van der Waals surface area contributed by atoms with Gasteiger partial charge in [-0.15, -0.1) is 11.3 Å². The third kappa shape index (κ3) is 14.6. The third-order valence-corrected chi connectivity index (χ3v) is 15.9. The molecule has 6 rings (SSSR count). The Morgan fingerprint density at radius 2 is 1.84 bits per heavy atom. The summed E-state index contributed by atoms with van der Waals surface area (Å²) in [6.45, 7) is 20.3. The van der Waals surface area contributed by atoms with Gasteiger partial charge in [0.15, 0.2) is 0 Å². The lowest BCUT2D eigenvalue weighted by atomic mass is 9.85. The first-order valence-corrected chi connectivity index (χ1v) is 26.3. The van der Waals surface area contributed by atoms with Crippen LogP contribution in [0.1, 0.15) is 96.7 Å². The number of likely N-dealkylation sites (N-methyl/N-ethyl adjacent to an activating group) is 1. The number of ether oxygens (including phenoxy) is 1. The molecule has 3 amide bonds. The number of nitrogens with one attached hydrogen (secondary N) is 3. The second-order valence-electron chi connectivity index (χ2n) is 19.4. The molecule has 0 spiro atoms. The summed E-state index contributed by atoms with van der Waals surface area (Å²) in [5, 5.41) is 10.5. The van der Waals surface area contributed by atoms with E-state index in [9.17, 15) is 14.4 Å². The van der Waals surface area contributed by atoms with Crippen molar-refractivity contribution in [3.05, 3.63) is 70.2 Å². The van der Waals surface area contributed by atoms with Gasteiger partial charge in [0.2, 0.25) is 17.7 Å². The highest BCUT2D eigenvalue weighted by Gasteiger charge is 2.39. The maximum atomic E-state index is 13.8. The highest BCUT2D eigenvalue weighted by molar-refractivity contribution is 8.14. The number of aryl methyl sites for hydroxylation is 1. The van der Waals surface area contributed by atoms with Crippen molar-refractivity contribution in [3.8, 4) is 16.2 Å². The second-order valence-corrected chi connectivity index (χ2v) is 21.8. The molecule has 3 aliphatic heterocycles. The van der Waals surface area contributed by atoms with Crippen LogP contribution in [0.25, 0.3) is 10.4 Å². The molecule has 0 radical (unpaired) electrons. The number of hydrogen-bond donors (Lipinski definition) is 4. The molecule has 370 valence electrons. The van der Waals surface area contributed by atoms with E-state index in [-0.39, 0.29) is 48.2 Å². The molecule has 2 atom stereocenters. The molecule has 68 heavy (non-hydrogen) atoms. The number of thiazole rings is 1. The van der Waals surface area contributed by atoms with E-state index in [0.717, 1.165) is 116 Å². The number of piperidine rings is 3. The Morgan fingerprint density at radius 1 is 1.07 bits per heavy atom. The van der Waals surface area contributed by atoms with E-state index >= 15 is 0 Å². The number of thioether (sulfide) groups is 1. The first-order valence-electron chi connectivity index (χ1n) is 24.3. The number of aliphatic imine (C=N–C) groups is 2. The fourth-order valence-corrected chi connectivity index (χ4v) is 11.2. The Hall–Kier alpha value is -4.32. The number of rotatable bonds is 19. The van der Waals surface area contributed by atoms with E-state index in [1.165, 1.54) is 11.8 Å². The SMILES string of the molecule is C=N/C(=C\N=C(/CN)Sc1cccc(NC(=O)CC2CCN(CCCOc3cc(-c4scnc4C)ccc3CNC(=O)[C@@H]3CCCCN3C(=O)C(NC)C(C)(C)C)CC2)c1Cl)N1CCC(C)CC1. The van der Waals surface area contributed by atoms with Gasteiger partial charge in [-0.2, -0.15) is 0 Å². The Labute approximate surface area is 417 Å². The maximum Gasteiger partial charge on any atom is 0.243 e. The zero-order valence-corrected chi connectivity index (χ0v) is 43.3. The largest absolute Gasteiger partial charge is 0.493 e. The number of nitrogens with two attached hydrogens (primary N) is 1. The first kappa shape index (κ1) is 53.0. The number of halogens is 1. The summed E-state index contributed by atoms with van der Waals surface area (Å²) in [5.41, 5.74) is 11.1. The van der Waals surface area contributed by atoms with E-state index in [4.69, 9.17) is 22.1 Å². The first-order chi connectivity index (χ1) is 32.7. The van der Waals surface area contributed by atoms with Gasteiger partial charge in [-0.05, 0) is 126 Å². The minimum absolute atomic E-state index is 0.0303. The Kier molecular flexibility index (Phi) is 19.9. The fraction of sp³-hybridized carbons (Fsp3) is 0.569. The minimum atomic E-state index is -0.515. The van der Waals surface area contributed by atoms with Crippen LogP contribution in [-0.4, -0.2) is 121 Å². The average molecular weight is 990 g/mol. The van der Waals surface area contributed by atoms with Crippen LogP contribution in [0.3, 0.4) is 0 Å².